The molecule has 0 bridgehead atoms. The highest BCUT2D eigenvalue weighted by Crippen LogP contribution is 2.61. The number of nitrogens with zero attached hydrogens (tertiary/aromatic N) is 4. The van der Waals surface area contributed by atoms with Crippen LogP contribution < -0.4 is 16.4 Å². The molecule has 0 spiro atoms. The van der Waals surface area contributed by atoms with E-state index in [0.717, 1.165) is 61.1 Å². The molecule has 2 amide bonds. The van der Waals surface area contributed by atoms with E-state index < -0.39 is 84.6 Å². The third-order valence-corrected chi connectivity index (χ3v) is 12.3. The minimum atomic E-state index is -5.57. The highest BCUT2D eigenvalue weighted by atomic mass is 32.2. The number of imidazole rings is 1. The summed E-state index contributed by atoms with van der Waals surface area (Å²) in [4.78, 5) is 87.6. The highest BCUT2D eigenvalue weighted by molar-refractivity contribution is 8.13. The molecule has 7 atom stereocenters. The van der Waals surface area contributed by atoms with Crippen LogP contribution >= 0.6 is 35.2 Å². The van der Waals surface area contributed by atoms with Crippen LogP contribution in [0.25, 0.3) is 11.2 Å². The molecule has 0 aromatic carbocycles. The maximum absolute atomic E-state index is 12.7. The van der Waals surface area contributed by atoms with Crippen LogP contribution in [0.4, 0.5) is 5.82 Å². The summed E-state index contributed by atoms with van der Waals surface area (Å²) in [6, 6.07) is 0. The van der Waals surface area contributed by atoms with Gasteiger partial charge in [0.25, 0.3) is 0 Å². The molecule has 3 heterocycles. The third kappa shape index (κ3) is 15.9. The number of nitrogens with two attached hydrogens (primary N) is 1. The molecule has 2 aromatic rings. The van der Waals surface area contributed by atoms with Crippen LogP contribution in [0.3, 0.4) is 0 Å². The van der Waals surface area contributed by atoms with E-state index in [9.17, 15) is 57.9 Å². The number of unbranched alkanes of at least 4 members (excludes halogenated alkanes) is 4. The molecule has 324 valence electrons. The molecule has 3 rings (SSSR count). The van der Waals surface area contributed by atoms with E-state index in [-0.39, 0.29) is 41.6 Å². The first-order chi connectivity index (χ1) is 26.6. The van der Waals surface area contributed by atoms with Crippen LogP contribution in [0.5, 0.6) is 0 Å². The monoisotopic (exact) mass is 893 g/mol. The number of hydrogen-bond donors (Lipinski definition) is 9. The summed E-state index contributed by atoms with van der Waals surface area (Å²) in [5.41, 5.74) is 4.27. The van der Waals surface area contributed by atoms with Crippen LogP contribution in [0.1, 0.15) is 71.9 Å². The number of carbonyl (C=O) groups is 3. The average Bonchev–Trinajstić information content (AvgIpc) is 3.68. The fraction of sp³-hybridized carbons (Fsp3) is 0.724. The van der Waals surface area contributed by atoms with Gasteiger partial charge < -0.3 is 50.9 Å². The number of amides is 2. The van der Waals surface area contributed by atoms with Gasteiger partial charge in [0, 0.05) is 37.1 Å². The van der Waals surface area contributed by atoms with Gasteiger partial charge in [-0.05, 0) is 6.42 Å². The largest absolute Gasteiger partial charge is 0.481 e. The van der Waals surface area contributed by atoms with Gasteiger partial charge in [-0.25, -0.2) is 28.6 Å². The van der Waals surface area contributed by atoms with Crippen molar-refractivity contribution >= 4 is 69.1 Å². The molecule has 3 unspecified atom stereocenters. The molecule has 0 radical (unpaired) electrons. The Hall–Kier alpha value is -2.44. The molecule has 24 nitrogen and oxygen atoms in total. The van der Waals surface area contributed by atoms with Crippen molar-refractivity contribution in [2.75, 3.05) is 37.8 Å². The van der Waals surface area contributed by atoms with Crippen molar-refractivity contribution in [2.24, 2.45) is 5.41 Å². The van der Waals surface area contributed by atoms with E-state index in [4.69, 9.17) is 19.5 Å². The van der Waals surface area contributed by atoms with Crippen LogP contribution in [-0.4, -0.2) is 123 Å². The molecular weight excluding hydrogens is 843 g/mol. The number of ether oxygens (including phenoxy) is 1. The lowest BCUT2D eigenvalue weighted by Gasteiger charge is -2.30. The van der Waals surface area contributed by atoms with Gasteiger partial charge in [-0.3, -0.25) is 32.5 Å². The Morgan fingerprint density at radius 2 is 1.68 bits per heavy atom. The summed E-state index contributed by atoms with van der Waals surface area (Å²) >= 11 is 1.13. The van der Waals surface area contributed by atoms with E-state index in [1.54, 1.807) is 0 Å². The van der Waals surface area contributed by atoms with Gasteiger partial charge in [0.2, 0.25) is 11.8 Å². The number of fused-ring (bicyclic) bond motifs is 1. The maximum Gasteiger partial charge on any atom is 0.481 e. The number of nitrogens with one attached hydrogen (secondary N) is 2. The minimum Gasteiger partial charge on any atom is -0.386 e. The number of phosphoric ester groups is 3. The van der Waals surface area contributed by atoms with Crippen molar-refractivity contribution in [1.29, 1.82) is 0 Å². The first kappa shape index (κ1) is 48.9. The smallest absolute Gasteiger partial charge is 0.386 e. The second-order valence-corrected chi connectivity index (χ2v) is 18.8. The Kier molecular flexibility index (Phi) is 18.6. The number of carbonyl (C=O) groups excluding carboxylic acids is 3. The van der Waals surface area contributed by atoms with Crippen LogP contribution in [-0.2, 0) is 50.7 Å². The number of nitrogen functional groups attached to an aromatic ring is 1. The number of thioether (sulfide) groups is 1. The molecule has 0 saturated carbocycles. The van der Waals surface area contributed by atoms with Gasteiger partial charge in [-0.15, -0.1) is 0 Å². The maximum atomic E-state index is 12.7. The van der Waals surface area contributed by atoms with E-state index in [2.05, 4.69) is 41.3 Å². The van der Waals surface area contributed by atoms with E-state index in [0.29, 0.717) is 12.2 Å². The lowest BCUT2D eigenvalue weighted by atomic mass is 9.87. The second kappa shape index (κ2) is 21.7. The highest BCUT2D eigenvalue weighted by Gasteiger charge is 2.50. The molecule has 1 fully saturated rings. The van der Waals surface area contributed by atoms with Gasteiger partial charge in [0.15, 0.2) is 22.8 Å². The van der Waals surface area contributed by atoms with Gasteiger partial charge in [-0.1, -0.05) is 58.2 Å². The Morgan fingerprint density at radius 3 is 2.37 bits per heavy atom. The van der Waals surface area contributed by atoms with Gasteiger partial charge in [0.1, 0.15) is 36.3 Å². The summed E-state index contributed by atoms with van der Waals surface area (Å²) in [5.74, 6) is -1.03. The number of phosphoric acid groups is 3. The van der Waals surface area contributed by atoms with Crippen LogP contribution in [0.15, 0.2) is 12.7 Å². The van der Waals surface area contributed by atoms with E-state index in [1.807, 2.05) is 0 Å². The molecule has 1 aliphatic rings. The summed E-state index contributed by atoms with van der Waals surface area (Å²) in [6.07, 6.45) is -1.22. The van der Waals surface area contributed by atoms with Gasteiger partial charge in [0.05, 0.1) is 19.5 Å². The Bertz CT molecular complexity index is 1820. The topological polar surface area (TPSA) is 364 Å². The fourth-order valence-corrected chi connectivity index (χ4v) is 8.79. The standard InChI is InChI=1S/C29H50N7O17P3S/c1-4-5-6-7-8-9-20(38)57-13-12-31-19(37)10-11-32-27(41)24(40)29(2,3)15-50-56(47,48)53-55(45,46)49-14-18-23(52-54(42,43)44)22(39)28(51-18)36-17-35-21-25(30)33-16-34-26(21)36/h16-18,22-24,28,39-40H,4-15H2,1-3H3,(H,31,37)(H,32,41)(H,45,46)(H,47,48)(H2,30,33,34)(H2,42,43,44)/t18-,22-,23-,24?,28-/m1/s1. The Balaban J connectivity index is 1.45. The van der Waals surface area contributed by atoms with Crippen molar-refractivity contribution in [3.05, 3.63) is 12.7 Å². The third-order valence-electron chi connectivity index (χ3n) is 8.25. The van der Waals surface area contributed by atoms with Crippen molar-refractivity contribution in [1.82, 2.24) is 30.2 Å². The van der Waals surface area contributed by atoms with Crippen molar-refractivity contribution < 1.29 is 80.5 Å². The lowest BCUT2D eigenvalue weighted by Crippen LogP contribution is -2.46. The number of anilines is 1. The van der Waals surface area contributed by atoms with Crippen molar-refractivity contribution in [2.45, 2.75) is 96.4 Å². The van der Waals surface area contributed by atoms with Crippen molar-refractivity contribution in [3.8, 4) is 0 Å². The zero-order valence-corrected chi connectivity index (χ0v) is 34.8. The molecule has 0 aliphatic carbocycles. The van der Waals surface area contributed by atoms with E-state index in [1.165, 1.54) is 13.8 Å². The summed E-state index contributed by atoms with van der Waals surface area (Å²) in [5, 5.41) is 26.5. The normalized spacial score (nSPS) is 21.5. The number of hydrogen-bond acceptors (Lipinski definition) is 18. The molecule has 10 N–H and O–H groups in total. The fourth-order valence-electron chi connectivity index (χ4n) is 5.24. The number of aliphatic hydroxyl groups excluding tert-OH is 2. The Morgan fingerprint density at radius 1 is 1.00 bits per heavy atom. The molecule has 1 saturated heterocycles. The van der Waals surface area contributed by atoms with Gasteiger partial charge >= 0.3 is 23.5 Å². The molecule has 28 heteroatoms. The zero-order chi connectivity index (χ0) is 42.6. The van der Waals surface area contributed by atoms with Crippen LogP contribution in [0.2, 0.25) is 0 Å². The first-order valence-electron chi connectivity index (χ1n) is 17.6. The number of rotatable bonds is 25. The van der Waals surface area contributed by atoms with Gasteiger partial charge in [-0.2, -0.15) is 4.31 Å². The zero-order valence-electron chi connectivity index (χ0n) is 31.3. The quantitative estimate of drug-likeness (QED) is 0.0496. The molecule has 1 aliphatic heterocycles. The second-order valence-electron chi connectivity index (χ2n) is 13.5. The molecular formula is C29H50N7O17P3S. The summed E-state index contributed by atoms with van der Waals surface area (Å²) in [7, 11) is -16.4. The predicted octanol–water partition coefficient (Wildman–Crippen LogP) is 1.03. The Labute approximate surface area is 331 Å². The lowest BCUT2D eigenvalue weighted by molar-refractivity contribution is -0.137. The van der Waals surface area contributed by atoms with Crippen molar-refractivity contribution in [3.63, 3.8) is 0 Å². The predicted molar refractivity (Wildman–Crippen MR) is 200 cm³/mol. The van der Waals surface area contributed by atoms with E-state index >= 15 is 0 Å². The molecule has 2 aromatic heterocycles. The molecule has 57 heavy (non-hydrogen) atoms. The SMILES string of the molecule is CCCCCCCC(=O)SCCNC(=O)CCNC(=O)C(O)C(C)(C)COP(=O)(O)OP(=O)(O)OC[C@H]1O[C@@H](n2cnc3c(N)ncnc32)[C@H](O)[C@@H]1OP(=O)(O)O. The summed E-state index contributed by atoms with van der Waals surface area (Å²) in [6.45, 7) is 2.67. The average molecular weight is 894 g/mol. The van der Waals surface area contributed by atoms with Crippen LogP contribution in [0, 0.1) is 5.41 Å². The first-order valence-corrected chi connectivity index (χ1v) is 23.1. The number of aromatic nitrogens is 4. The summed E-state index contributed by atoms with van der Waals surface area (Å²) < 4.78 is 62.1. The minimum absolute atomic E-state index is 0.0325. The number of aliphatic hydroxyl groups is 2.